The van der Waals surface area contributed by atoms with E-state index in [0.717, 1.165) is 55.7 Å². The van der Waals surface area contributed by atoms with Crippen molar-refractivity contribution in [1.82, 2.24) is 20.5 Å². The third-order valence-corrected chi connectivity index (χ3v) is 7.16. The van der Waals surface area contributed by atoms with E-state index in [1.54, 1.807) is 19.4 Å². The molecule has 3 aromatic rings. The molecular weight excluding hydrogens is 428 g/mol. The summed E-state index contributed by atoms with van der Waals surface area (Å²) >= 11 is 0. The van der Waals surface area contributed by atoms with Crippen LogP contribution >= 0.6 is 0 Å². The van der Waals surface area contributed by atoms with E-state index in [-0.39, 0.29) is 5.75 Å². The number of aromatic nitrogens is 3. The number of piperidine rings is 1. The number of methoxy groups -OCH3 is 1. The summed E-state index contributed by atoms with van der Waals surface area (Å²) in [5.74, 6) is 1.21. The quantitative estimate of drug-likeness (QED) is 0.613. The fraction of sp³-hybridized carbons (Fsp3) is 0.370. The van der Waals surface area contributed by atoms with Crippen molar-refractivity contribution in [2.24, 2.45) is 5.92 Å². The molecule has 0 saturated carbocycles. The largest absolute Gasteiger partial charge is 0.507 e. The summed E-state index contributed by atoms with van der Waals surface area (Å²) in [5, 5.41) is 23.8. The van der Waals surface area contributed by atoms with E-state index >= 15 is 0 Å². The van der Waals surface area contributed by atoms with Crippen LogP contribution in [0.25, 0.3) is 28.0 Å². The van der Waals surface area contributed by atoms with E-state index in [9.17, 15) is 5.11 Å². The van der Waals surface area contributed by atoms with E-state index in [1.165, 1.54) is 11.1 Å². The summed E-state index contributed by atoms with van der Waals surface area (Å²) in [7, 11) is 1.59. The van der Waals surface area contributed by atoms with Crippen LogP contribution in [-0.2, 0) is 11.2 Å². The molecule has 34 heavy (non-hydrogen) atoms. The number of aromatic hydroxyl groups is 1. The highest BCUT2D eigenvalue weighted by atomic mass is 16.5. The number of nitrogens with zero attached hydrogens (tertiary/aromatic N) is 3. The molecule has 0 spiro atoms. The molecule has 2 N–H and O–H groups in total. The molecule has 0 amide bonds. The molecule has 2 bridgehead atoms. The Labute approximate surface area is 198 Å². The van der Waals surface area contributed by atoms with Crippen molar-refractivity contribution < 1.29 is 14.6 Å². The normalized spacial score (nSPS) is 23.7. The molecule has 2 aliphatic heterocycles. The molecule has 2 aromatic heterocycles. The average molecular weight is 457 g/mol. The summed E-state index contributed by atoms with van der Waals surface area (Å²) in [6.45, 7) is 1.58. The number of rotatable bonds is 4. The lowest BCUT2D eigenvalue weighted by molar-refractivity contribution is 0.0154. The van der Waals surface area contributed by atoms with E-state index < -0.39 is 0 Å². The second kappa shape index (κ2) is 8.81. The number of hydrogen-bond acceptors (Lipinski definition) is 7. The Bertz CT molecular complexity index is 1250. The van der Waals surface area contributed by atoms with Gasteiger partial charge in [-0.15, -0.1) is 10.2 Å². The standard InChI is InChI=1S/C27H28N4O3/c1-33-26-13-17(7-8-28-26)16-5-6-23(25(32)12-16)24-11-18-3-2-4-22(27(18)31-30-24)19-9-20-14-34-15-21(10-19)29-20/h4-8,11-13,19-21,29,32H,2-3,9-10,14-15H2,1H3/t19?,20-,21+. The Morgan fingerprint density at radius 2 is 1.85 bits per heavy atom. The fourth-order valence-corrected chi connectivity index (χ4v) is 5.56. The van der Waals surface area contributed by atoms with Gasteiger partial charge in [-0.3, -0.25) is 0 Å². The van der Waals surface area contributed by atoms with Crippen LogP contribution in [0.15, 0.2) is 48.7 Å². The summed E-state index contributed by atoms with van der Waals surface area (Å²) in [5.41, 5.74) is 6.78. The van der Waals surface area contributed by atoms with Gasteiger partial charge in [-0.25, -0.2) is 4.98 Å². The van der Waals surface area contributed by atoms with Gasteiger partial charge in [0, 0.05) is 29.9 Å². The van der Waals surface area contributed by atoms with Crippen LogP contribution in [0.1, 0.15) is 30.5 Å². The molecule has 4 heterocycles. The fourth-order valence-electron chi connectivity index (χ4n) is 5.56. The molecule has 2 fully saturated rings. The molecule has 3 aliphatic rings. The highest BCUT2D eigenvalue weighted by Gasteiger charge is 2.35. The van der Waals surface area contributed by atoms with E-state index in [0.29, 0.717) is 35.1 Å². The lowest BCUT2D eigenvalue weighted by atomic mass is 9.77. The van der Waals surface area contributed by atoms with Crippen molar-refractivity contribution in [3.8, 4) is 34.0 Å². The van der Waals surface area contributed by atoms with Crippen molar-refractivity contribution >= 4 is 5.57 Å². The summed E-state index contributed by atoms with van der Waals surface area (Å²) in [4.78, 5) is 4.15. The van der Waals surface area contributed by atoms with Gasteiger partial charge in [0.25, 0.3) is 0 Å². The highest BCUT2D eigenvalue weighted by molar-refractivity contribution is 5.76. The molecule has 6 rings (SSSR count). The zero-order chi connectivity index (χ0) is 23.1. The maximum atomic E-state index is 10.8. The molecular formula is C27H28N4O3. The van der Waals surface area contributed by atoms with Gasteiger partial charge in [0.05, 0.1) is 31.7 Å². The van der Waals surface area contributed by atoms with Crippen LogP contribution in [-0.4, -0.2) is 52.7 Å². The van der Waals surface area contributed by atoms with Gasteiger partial charge in [-0.1, -0.05) is 12.1 Å². The minimum absolute atomic E-state index is 0.181. The molecule has 174 valence electrons. The number of allylic oxidation sites excluding steroid dienone is 2. The molecule has 7 heteroatoms. The zero-order valence-electron chi connectivity index (χ0n) is 19.2. The van der Waals surface area contributed by atoms with Crippen molar-refractivity contribution in [2.45, 2.75) is 37.8 Å². The second-order valence-corrected chi connectivity index (χ2v) is 9.39. The molecule has 1 aromatic carbocycles. The Morgan fingerprint density at radius 3 is 2.65 bits per heavy atom. The van der Waals surface area contributed by atoms with E-state index in [1.807, 2.05) is 24.3 Å². The molecule has 0 radical (unpaired) electrons. The summed E-state index contributed by atoms with van der Waals surface area (Å²) in [6.07, 6.45) is 8.16. The topological polar surface area (TPSA) is 89.4 Å². The van der Waals surface area contributed by atoms with Crippen molar-refractivity contribution in [3.05, 3.63) is 59.9 Å². The third kappa shape index (κ3) is 3.95. The predicted molar refractivity (Wildman–Crippen MR) is 129 cm³/mol. The predicted octanol–water partition coefficient (Wildman–Crippen LogP) is 4.02. The van der Waals surface area contributed by atoms with Crippen LogP contribution in [0.2, 0.25) is 0 Å². The van der Waals surface area contributed by atoms with Gasteiger partial charge in [0.2, 0.25) is 5.88 Å². The van der Waals surface area contributed by atoms with Gasteiger partial charge < -0.3 is 19.9 Å². The highest BCUT2D eigenvalue weighted by Crippen LogP contribution is 2.40. The summed E-state index contributed by atoms with van der Waals surface area (Å²) < 4.78 is 10.9. The van der Waals surface area contributed by atoms with Crippen molar-refractivity contribution in [2.75, 3.05) is 20.3 Å². The Balaban J connectivity index is 1.28. The average Bonchev–Trinajstić information content (AvgIpc) is 2.87. The second-order valence-electron chi connectivity index (χ2n) is 9.39. The van der Waals surface area contributed by atoms with Crippen LogP contribution in [0.4, 0.5) is 0 Å². The van der Waals surface area contributed by atoms with Crippen molar-refractivity contribution in [3.63, 3.8) is 0 Å². The first-order valence-corrected chi connectivity index (χ1v) is 11.9. The lowest BCUT2D eigenvalue weighted by Crippen LogP contribution is -2.54. The lowest BCUT2D eigenvalue weighted by Gasteiger charge is -2.41. The molecule has 1 aliphatic carbocycles. The van der Waals surface area contributed by atoms with Gasteiger partial charge in [0.1, 0.15) is 5.75 Å². The summed E-state index contributed by atoms with van der Waals surface area (Å²) in [6, 6.07) is 12.3. The molecule has 1 unspecified atom stereocenters. The zero-order valence-corrected chi connectivity index (χ0v) is 19.2. The molecule has 2 saturated heterocycles. The van der Waals surface area contributed by atoms with Crippen molar-refractivity contribution in [1.29, 1.82) is 0 Å². The Morgan fingerprint density at radius 1 is 1.03 bits per heavy atom. The number of phenols is 1. The number of aryl methyl sites for hydroxylation is 1. The maximum Gasteiger partial charge on any atom is 0.213 e. The van der Waals surface area contributed by atoms with E-state index in [4.69, 9.17) is 9.47 Å². The Hall–Kier alpha value is -3.29. The molecule has 3 atom stereocenters. The van der Waals surface area contributed by atoms with Gasteiger partial charge in [-0.05, 0) is 78.1 Å². The smallest absolute Gasteiger partial charge is 0.213 e. The van der Waals surface area contributed by atoms with Crippen LogP contribution in [0.3, 0.4) is 0 Å². The maximum absolute atomic E-state index is 10.8. The number of benzene rings is 1. The molecule has 7 nitrogen and oxygen atoms in total. The number of ether oxygens (including phenoxy) is 2. The van der Waals surface area contributed by atoms with Crippen LogP contribution < -0.4 is 10.1 Å². The Kier molecular flexibility index (Phi) is 5.51. The van der Waals surface area contributed by atoms with Crippen LogP contribution in [0.5, 0.6) is 11.6 Å². The van der Waals surface area contributed by atoms with E-state index in [2.05, 4.69) is 32.6 Å². The minimum atomic E-state index is 0.181. The third-order valence-electron chi connectivity index (χ3n) is 7.16. The van der Waals surface area contributed by atoms with Gasteiger partial charge in [-0.2, -0.15) is 0 Å². The first-order valence-electron chi connectivity index (χ1n) is 11.9. The number of hydrogen-bond donors (Lipinski definition) is 2. The van der Waals surface area contributed by atoms with Gasteiger partial charge >= 0.3 is 0 Å². The first kappa shape index (κ1) is 21.3. The SMILES string of the molecule is COc1cc(-c2ccc(-c3cc4c(nn3)C(C3C[C@H]5COC[C@@H](C3)N5)=CCC4)c(O)c2)ccn1. The number of fused-ring (bicyclic) bond motifs is 3. The van der Waals surface area contributed by atoms with Crippen LogP contribution in [0, 0.1) is 5.92 Å². The van der Waals surface area contributed by atoms with Gasteiger partial charge in [0.15, 0.2) is 0 Å². The minimum Gasteiger partial charge on any atom is -0.507 e. The number of phenolic OH excluding ortho intramolecular Hbond substituents is 1. The number of morpholine rings is 1. The number of pyridine rings is 1. The number of nitrogens with one attached hydrogen (secondary N) is 1. The first-order chi connectivity index (χ1) is 16.7. The monoisotopic (exact) mass is 456 g/mol.